The summed E-state index contributed by atoms with van der Waals surface area (Å²) in [4.78, 5) is 14.4. The molecule has 0 radical (unpaired) electrons. The Labute approximate surface area is 97.1 Å². The highest BCUT2D eigenvalue weighted by atomic mass is 16.5. The molecule has 2 saturated heterocycles. The predicted molar refractivity (Wildman–Crippen MR) is 62.0 cm³/mol. The Hall–Kier alpha value is -0.610. The van der Waals surface area contributed by atoms with Gasteiger partial charge in [0.25, 0.3) is 0 Å². The number of nitrogens with two attached hydrogens (primary N) is 1. The number of rotatable bonds is 2. The summed E-state index contributed by atoms with van der Waals surface area (Å²) < 4.78 is 5.27. The zero-order valence-electron chi connectivity index (χ0n) is 10.1. The second-order valence-corrected chi connectivity index (χ2v) is 5.02. The van der Waals surface area contributed by atoms with Gasteiger partial charge in [0.15, 0.2) is 0 Å². The van der Waals surface area contributed by atoms with Crippen molar-refractivity contribution >= 4 is 5.91 Å². The van der Waals surface area contributed by atoms with Crippen LogP contribution in [0.15, 0.2) is 0 Å². The molecule has 0 bridgehead atoms. The number of piperidine rings is 1. The van der Waals surface area contributed by atoms with Crippen LogP contribution in [0.3, 0.4) is 0 Å². The second-order valence-electron chi connectivity index (χ2n) is 5.02. The van der Waals surface area contributed by atoms with E-state index in [1.165, 1.54) is 6.42 Å². The van der Waals surface area contributed by atoms with Gasteiger partial charge >= 0.3 is 0 Å². The number of hydrogen-bond acceptors (Lipinski definition) is 3. The molecule has 2 N–H and O–H groups in total. The summed E-state index contributed by atoms with van der Waals surface area (Å²) in [7, 11) is 0. The molecule has 4 heteroatoms. The van der Waals surface area contributed by atoms with Gasteiger partial charge in [0.05, 0.1) is 6.61 Å². The molecule has 0 saturated carbocycles. The molecule has 0 aliphatic carbocycles. The number of amides is 1. The molecule has 2 unspecified atom stereocenters. The molecule has 2 heterocycles. The molecule has 0 spiro atoms. The fourth-order valence-corrected chi connectivity index (χ4v) is 2.73. The maximum absolute atomic E-state index is 12.4. The highest BCUT2D eigenvalue weighted by molar-refractivity contribution is 5.87. The number of carbonyl (C=O) groups is 1. The molecule has 1 amide bonds. The lowest BCUT2D eigenvalue weighted by Crippen LogP contribution is -2.59. The average Bonchev–Trinajstić information content (AvgIpc) is 2.76. The molecule has 2 aliphatic rings. The van der Waals surface area contributed by atoms with Crippen LogP contribution in [0.25, 0.3) is 0 Å². The molecule has 4 nitrogen and oxygen atoms in total. The Morgan fingerprint density at radius 1 is 1.56 bits per heavy atom. The van der Waals surface area contributed by atoms with Crippen LogP contribution in [-0.2, 0) is 9.53 Å². The third-order valence-electron chi connectivity index (χ3n) is 3.84. The van der Waals surface area contributed by atoms with Gasteiger partial charge in [0.1, 0.15) is 5.54 Å². The molecule has 0 aromatic rings. The maximum atomic E-state index is 12.4. The Balaban J connectivity index is 2.07. The molecule has 0 aromatic heterocycles. The van der Waals surface area contributed by atoms with E-state index in [-0.39, 0.29) is 5.91 Å². The van der Waals surface area contributed by atoms with Crippen LogP contribution in [0.5, 0.6) is 0 Å². The van der Waals surface area contributed by atoms with Crippen molar-refractivity contribution in [1.82, 2.24) is 4.90 Å². The van der Waals surface area contributed by atoms with Crippen LogP contribution in [0.2, 0.25) is 0 Å². The summed E-state index contributed by atoms with van der Waals surface area (Å²) in [5, 5.41) is 0. The highest BCUT2D eigenvalue weighted by Gasteiger charge is 2.42. The standard InChI is InChI=1S/C12H22N2O2/c1-2-10-5-3-4-7-14(10)11(15)12(13)6-8-16-9-12/h10H,2-9,13H2,1H3. The van der Waals surface area contributed by atoms with Gasteiger partial charge < -0.3 is 15.4 Å². The zero-order valence-corrected chi connectivity index (χ0v) is 10.1. The van der Waals surface area contributed by atoms with Crippen molar-refractivity contribution in [1.29, 1.82) is 0 Å². The maximum Gasteiger partial charge on any atom is 0.245 e. The Bertz CT molecular complexity index is 262. The summed E-state index contributed by atoms with van der Waals surface area (Å²) in [6.45, 7) is 4.02. The van der Waals surface area contributed by atoms with Gasteiger partial charge in [-0.3, -0.25) is 4.79 Å². The van der Waals surface area contributed by atoms with E-state index < -0.39 is 5.54 Å². The van der Waals surface area contributed by atoms with Crippen LogP contribution < -0.4 is 5.73 Å². The van der Waals surface area contributed by atoms with Crippen molar-refractivity contribution in [3.63, 3.8) is 0 Å². The smallest absolute Gasteiger partial charge is 0.245 e. The second kappa shape index (κ2) is 4.72. The van der Waals surface area contributed by atoms with Crippen molar-refractivity contribution in [3.05, 3.63) is 0 Å². The fraction of sp³-hybridized carbons (Fsp3) is 0.917. The van der Waals surface area contributed by atoms with Gasteiger partial charge in [-0.2, -0.15) is 0 Å². The number of ether oxygens (including phenoxy) is 1. The first kappa shape index (κ1) is 11.9. The third-order valence-corrected chi connectivity index (χ3v) is 3.84. The molecular formula is C12H22N2O2. The van der Waals surface area contributed by atoms with Crippen LogP contribution in [0.1, 0.15) is 39.0 Å². The van der Waals surface area contributed by atoms with Gasteiger partial charge in [-0.05, 0) is 32.1 Å². The summed E-state index contributed by atoms with van der Waals surface area (Å²) in [6.07, 6.45) is 5.16. The first-order valence-electron chi connectivity index (χ1n) is 6.35. The van der Waals surface area contributed by atoms with E-state index in [0.717, 1.165) is 25.8 Å². The van der Waals surface area contributed by atoms with Crippen LogP contribution >= 0.6 is 0 Å². The van der Waals surface area contributed by atoms with Crippen molar-refractivity contribution < 1.29 is 9.53 Å². The molecule has 0 aromatic carbocycles. The SMILES string of the molecule is CCC1CCCCN1C(=O)C1(N)CCOC1. The van der Waals surface area contributed by atoms with Crippen LogP contribution in [0, 0.1) is 0 Å². The van der Waals surface area contributed by atoms with Crippen LogP contribution in [-0.4, -0.2) is 42.1 Å². The largest absolute Gasteiger partial charge is 0.379 e. The average molecular weight is 226 g/mol. The van der Waals surface area contributed by atoms with Crippen molar-refractivity contribution in [3.8, 4) is 0 Å². The number of nitrogens with zero attached hydrogens (tertiary/aromatic N) is 1. The van der Waals surface area contributed by atoms with Gasteiger partial charge in [-0.1, -0.05) is 6.92 Å². The van der Waals surface area contributed by atoms with Crippen molar-refractivity contribution in [2.45, 2.75) is 50.6 Å². The van der Waals surface area contributed by atoms with E-state index in [9.17, 15) is 4.79 Å². The molecule has 16 heavy (non-hydrogen) atoms. The van der Waals surface area contributed by atoms with E-state index >= 15 is 0 Å². The third kappa shape index (κ3) is 2.09. The summed E-state index contributed by atoms with van der Waals surface area (Å²) >= 11 is 0. The van der Waals surface area contributed by atoms with Crippen LogP contribution in [0.4, 0.5) is 0 Å². The van der Waals surface area contributed by atoms with Gasteiger partial charge in [-0.25, -0.2) is 0 Å². The normalized spacial score (nSPS) is 35.4. The lowest BCUT2D eigenvalue weighted by Gasteiger charge is -2.39. The quantitative estimate of drug-likeness (QED) is 0.761. The molecule has 2 atom stereocenters. The van der Waals surface area contributed by atoms with E-state index in [1.807, 2.05) is 4.90 Å². The fourth-order valence-electron chi connectivity index (χ4n) is 2.73. The van der Waals surface area contributed by atoms with E-state index in [2.05, 4.69) is 6.92 Å². The molecule has 92 valence electrons. The summed E-state index contributed by atoms with van der Waals surface area (Å²) in [5.74, 6) is 0.108. The summed E-state index contributed by atoms with van der Waals surface area (Å²) in [5.41, 5.74) is 5.39. The number of hydrogen-bond donors (Lipinski definition) is 1. The molecular weight excluding hydrogens is 204 g/mol. The van der Waals surface area contributed by atoms with E-state index in [1.54, 1.807) is 0 Å². The lowest BCUT2D eigenvalue weighted by atomic mass is 9.93. The van der Waals surface area contributed by atoms with E-state index in [0.29, 0.717) is 25.7 Å². The molecule has 2 fully saturated rings. The highest BCUT2D eigenvalue weighted by Crippen LogP contribution is 2.25. The molecule has 2 aliphatic heterocycles. The van der Waals surface area contributed by atoms with Crippen molar-refractivity contribution in [2.24, 2.45) is 5.73 Å². The molecule has 2 rings (SSSR count). The Morgan fingerprint density at radius 3 is 3.00 bits per heavy atom. The summed E-state index contributed by atoms with van der Waals surface area (Å²) in [6, 6.07) is 0.391. The lowest BCUT2D eigenvalue weighted by molar-refractivity contribution is -0.140. The van der Waals surface area contributed by atoms with Gasteiger partial charge in [0, 0.05) is 19.2 Å². The Morgan fingerprint density at radius 2 is 2.38 bits per heavy atom. The Kier molecular flexibility index (Phi) is 3.50. The van der Waals surface area contributed by atoms with E-state index in [4.69, 9.17) is 10.5 Å². The predicted octanol–water partition coefficient (Wildman–Crippen LogP) is 0.895. The van der Waals surface area contributed by atoms with Gasteiger partial charge in [-0.15, -0.1) is 0 Å². The number of carbonyl (C=O) groups excluding carboxylic acids is 1. The minimum Gasteiger partial charge on any atom is -0.379 e. The topological polar surface area (TPSA) is 55.6 Å². The van der Waals surface area contributed by atoms with Gasteiger partial charge in [0.2, 0.25) is 5.91 Å². The first-order chi connectivity index (χ1) is 7.67. The van der Waals surface area contributed by atoms with Crippen molar-refractivity contribution in [2.75, 3.05) is 19.8 Å². The monoisotopic (exact) mass is 226 g/mol. The number of likely N-dealkylation sites (tertiary alicyclic amines) is 1. The minimum atomic E-state index is -0.745. The zero-order chi connectivity index (χ0) is 11.6. The minimum absolute atomic E-state index is 0.108. The first-order valence-corrected chi connectivity index (χ1v) is 6.35.